The summed E-state index contributed by atoms with van der Waals surface area (Å²) in [5.41, 5.74) is 6.60. The molecule has 0 aliphatic carbocycles. The van der Waals surface area contributed by atoms with Gasteiger partial charge in [0.15, 0.2) is 5.82 Å². The van der Waals surface area contributed by atoms with Crippen LogP contribution in [0.3, 0.4) is 0 Å². The molecule has 3 rings (SSSR count). The Hall–Kier alpha value is -3.01. The Morgan fingerprint density at radius 1 is 1.37 bits per heavy atom. The number of carbonyl (C=O) groups is 1. The molecule has 0 spiro atoms. The van der Waals surface area contributed by atoms with E-state index in [4.69, 9.17) is 11.0 Å². The molecule has 0 bridgehead atoms. The van der Waals surface area contributed by atoms with Gasteiger partial charge in [0, 0.05) is 30.1 Å². The van der Waals surface area contributed by atoms with Gasteiger partial charge in [-0.25, -0.2) is 4.98 Å². The molecule has 0 aromatic carbocycles. The molecule has 2 aromatic rings. The first kappa shape index (κ1) is 11.1. The molecule has 3 heterocycles. The average molecular weight is 252 g/mol. The second kappa shape index (κ2) is 4.03. The minimum absolute atomic E-state index is 0.0707. The first-order valence-corrected chi connectivity index (χ1v) is 5.50. The summed E-state index contributed by atoms with van der Waals surface area (Å²) in [6.07, 6.45) is 3.47. The van der Waals surface area contributed by atoms with E-state index in [0.29, 0.717) is 11.6 Å². The number of aromatic nitrogens is 4. The Morgan fingerprint density at radius 3 is 2.79 bits per heavy atom. The van der Waals surface area contributed by atoms with Gasteiger partial charge in [-0.3, -0.25) is 9.78 Å². The lowest BCUT2D eigenvalue weighted by atomic mass is 10.1. The highest BCUT2D eigenvalue weighted by Crippen LogP contribution is 2.20. The molecular formula is C12H8N6O. The van der Waals surface area contributed by atoms with E-state index in [9.17, 15) is 4.79 Å². The van der Waals surface area contributed by atoms with Crippen LogP contribution in [0.25, 0.3) is 11.4 Å². The number of pyridine rings is 1. The van der Waals surface area contributed by atoms with Crippen LogP contribution in [-0.4, -0.2) is 25.7 Å². The molecule has 0 unspecified atom stereocenters. The van der Waals surface area contributed by atoms with Crippen LogP contribution in [-0.2, 0) is 6.42 Å². The second-order valence-corrected chi connectivity index (χ2v) is 3.99. The zero-order chi connectivity index (χ0) is 13.4. The van der Waals surface area contributed by atoms with E-state index in [1.807, 2.05) is 0 Å². The van der Waals surface area contributed by atoms with Gasteiger partial charge >= 0.3 is 0 Å². The quantitative estimate of drug-likeness (QED) is 0.780. The third-order valence-corrected chi connectivity index (χ3v) is 2.80. The Morgan fingerprint density at radius 2 is 2.11 bits per heavy atom. The van der Waals surface area contributed by atoms with E-state index < -0.39 is 5.91 Å². The van der Waals surface area contributed by atoms with Crippen LogP contribution in [0.15, 0.2) is 35.8 Å². The summed E-state index contributed by atoms with van der Waals surface area (Å²) in [7, 11) is 0. The first-order valence-electron chi connectivity index (χ1n) is 5.50. The fourth-order valence-corrected chi connectivity index (χ4v) is 1.87. The van der Waals surface area contributed by atoms with Crippen molar-refractivity contribution in [1.82, 2.24) is 19.7 Å². The first-order chi connectivity index (χ1) is 9.20. The highest BCUT2D eigenvalue weighted by molar-refractivity contribution is 6.00. The summed E-state index contributed by atoms with van der Waals surface area (Å²) in [6, 6.07) is 5.29. The lowest BCUT2D eigenvalue weighted by molar-refractivity contribution is 0.0936. The SMILES string of the molecule is N#CC1=C(N)Cc2nc(-c3ccncc3)nn2C1=O. The maximum absolute atomic E-state index is 12.0. The minimum Gasteiger partial charge on any atom is -0.400 e. The van der Waals surface area contributed by atoms with Crippen LogP contribution >= 0.6 is 0 Å². The topological polar surface area (TPSA) is 110 Å². The molecule has 0 radical (unpaired) electrons. The van der Waals surface area contributed by atoms with Crippen molar-refractivity contribution in [1.29, 1.82) is 5.26 Å². The van der Waals surface area contributed by atoms with E-state index in [1.165, 1.54) is 0 Å². The van der Waals surface area contributed by atoms with Gasteiger partial charge in [0.05, 0.1) is 0 Å². The molecule has 0 saturated heterocycles. The van der Waals surface area contributed by atoms with E-state index in [0.717, 1.165) is 10.2 Å². The fourth-order valence-electron chi connectivity index (χ4n) is 1.87. The zero-order valence-corrected chi connectivity index (χ0v) is 9.74. The predicted octanol–water partition coefficient (Wildman–Crippen LogP) is 0.273. The number of carbonyl (C=O) groups excluding carboxylic acids is 1. The molecule has 19 heavy (non-hydrogen) atoms. The van der Waals surface area contributed by atoms with Crippen LogP contribution in [0.4, 0.5) is 0 Å². The minimum atomic E-state index is -0.533. The van der Waals surface area contributed by atoms with Crippen LogP contribution < -0.4 is 5.73 Å². The van der Waals surface area contributed by atoms with Crippen molar-refractivity contribution < 1.29 is 4.79 Å². The lowest BCUT2D eigenvalue weighted by Gasteiger charge is -2.11. The summed E-state index contributed by atoms with van der Waals surface area (Å²) in [5.74, 6) is 0.320. The Kier molecular flexibility index (Phi) is 2.35. The van der Waals surface area contributed by atoms with Crippen molar-refractivity contribution in [2.75, 3.05) is 0 Å². The number of fused-ring (bicyclic) bond motifs is 1. The molecule has 2 N–H and O–H groups in total. The Labute approximate surface area is 108 Å². The van der Waals surface area contributed by atoms with Gasteiger partial charge in [-0.05, 0) is 12.1 Å². The van der Waals surface area contributed by atoms with Crippen LogP contribution in [0.1, 0.15) is 10.6 Å². The van der Waals surface area contributed by atoms with Crippen molar-refractivity contribution in [3.63, 3.8) is 0 Å². The summed E-state index contributed by atoms with van der Waals surface area (Å²) in [4.78, 5) is 20.2. The number of rotatable bonds is 1. The van der Waals surface area contributed by atoms with Crippen molar-refractivity contribution in [2.24, 2.45) is 5.73 Å². The smallest absolute Gasteiger partial charge is 0.292 e. The summed E-state index contributed by atoms with van der Waals surface area (Å²) >= 11 is 0. The van der Waals surface area contributed by atoms with Gasteiger partial charge in [0.25, 0.3) is 5.91 Å². The molecule has 1 aliphatic rings. The maximum atomic E-state index is 12.0. The van der Waals surface area contributed by atoms with E-state index in [2.05, 4.69) is 15.1 Å². The fraction of sp³-hybridized carbons (Fsp3) is 0.0833. The maximum Gasteiger partial charge on any atom is 0.292 e. The Bertz CT molecular complexity index is 737. The monoisotopic (exact) mass is 252 g/mol. The predicted molar refractivity (Wildman–Crippen MR) is 64.4 cm³/mol. The van der Waals surface area contributed by atoms with Gasteiger partial charge in [0.1, 0.15) is 17.5 Å². The molecule has 1 aliphatic heterocycles. The van der Waals surface area contributed by atoms with Gasteiger partial charge in [0.2, 0.25) is 0 Å². The molecule has 7 nitrogen and oxygen atoms in total. The summed E-state index contributed by atoms with van der Waals surface area (Å²) in [5, 5.41) is 13.0. The standard InChI is InChI=1S/C12H8N6O/c13-6-8-9(14)5-10-16-11(17-18(10)12(8)19)7-1-3-15-4-2-7/h1-4H,5,14H2. The third-order valence-electron chi connectivity index (χ3n) is 2.80. The number of hydrogen-bond donors (Lipinski definition) is 1. The molecular weight excluding hydrogens is 244 g/mol. The van der Waals surface area contributed by atoms with E-state index in [1.54, 1.807) is 30.6 Å². The largest absolute Gasteiger partial charge is 0.400 e. The van der Waals surface area contributed by atoms with E-state index in [-0.39, 0.29) is 17.7 Å². The summed E-state index contributed by atoms with van der Waals surface area (Å²) < 4.78 is 1.13. The zero-order valence-electron chi connectivity index (χ0n) is 9.74. The normalized spacial score (nSPS) is 14.2. The van der Waals surface area contributed by atoms with Gasteiger partial charge < -0.3 is 5.73 Å². The molecule has 0 saturated carbocycles. The summed E-state index contributed by atoms with van der Waals surface area (Å²) in [6.45, 7) is 0. The lowest BCUT2D eigenvalue weighted by Crippen LogP contribution is -2.27. The number of nitrogens with zero attached hydrogens (tertiary/aromatic N) is 5. The number of hydrogen-bond acceptors (Lipinski definition) is 6. The molecule has 0 fully saturated rings. The molecule has 7 heteroatoms. The molecule has 0 atom stereocenters. The van der Waals surface area contributed by atoms with Crippen molar-refractivity contribution in [3.05, 3.63) is 41.6 Å². The van der Waals surface area contributed by atoms with Crippen molar-refractivity contribution >= 4 is 5.91 Å². The number of nitrogens with two attached hydrogens (primary N) is 1. The van der Waals surface area contributed by atoms with Crippen LogP contribution in [0.5, 0.6) is 0 Å². The molecule has 92 valence electrons. The number of allylic oxidation sites excluding steroid dienone is 2. The Balaban J connectivity index is 2.09. The van der Waals surface area contributed by atoms with Gasteiger partial charge in [-0.15, -0.1) is 5.10 Å². The van der Waals surface area contributed by atoms with Crippen molar-refractivity contribution in [2.45, 2.75) is 6.42 Å². The van der Waals surface area contributed by atoms with Gasteiger partial charge in [-0.2, -0.15) is 9.94 Å². The molecule has 0 amide bonds. The number of nitriles is 1. The van der Waals surface area contributed by atoms with Gasteiger partial charge in [-0.1, -0.05) is 0 Å². The average Bonchev–Trinajstić information content (AvgIpc) is 2.84. The van der Waals surface area contributed by atoms with Crippen LogP contribution in [0, 0.1) is 11.3 Å². The second-order valence-electron chi connectivity index (χ2n) is 3.99. The molecule has 2 aromatic heterocycles. The van der Waals surface area contributed by atoms with E-state index >= 15 is 0 Å². The van der Waals surface area contributed by atoms with Crippen LogP contribution in [0.2, 0.25) is 0 Å². The highest BCUT2D eigenvalue weighted by Gasteiger charge is 2.27. The third kappa shape index (κ3) is 1.66. The van der Waals surface area contributed by atoms with Crippen molar-refractivity contribution in [3.8, 4) is 17.5 Å². The highest BCUT2D eigenvalue weighted by atomic mass is 16.2.